The maximum absolute atomic E-state index is 8.56. The molecule has 15 heavy (non-hydrogen) atoms. The lowest BCUT2D eigenvalue weighted by atomic mass is 10.6. The van der Waals surface area contributed by atoms with Gasteiger partial charge in [0.1, 0.15) is 0 Å². The minimum Gasteiger partial charge on any atom is -0.450 e. The van der Waals surface area contributed by atoms with Crippen molar-refractivity contribution in [2.45, 2.75) is 13.8 Å². The van der Waals surface area contributed by atoms with Crippen LogP contribution in [-0.2, 0) is 0 Å². The van der Waals surface area contributed by atoms with Gasteiger partial charge in [-0.25, -0.2) is 4.79 Å². The van der Waals surface area contributed by atoms with Crippen LogP contribution in [0.1, 0.15) is 13.8 Å². The van der Waals surface area contributed by atoms with Gasteiger partial charge in [-0.05, 0) is 13.8 Å². The molecule has 2 N–H and O–H groups in total. The molecule has 0 spiro atoms. The lowest BCUT2D eigenvalue weighted by Gasteiger charge is -2.14. The van der Waals surface area contributed by atoms with Crippen LogP contribution in [0.2, 0.25) is 0 Å². The molecule has 0 fully saturated rings. The summed E-state index contributed by atoms with van der Waals surface area (Å²) in [6.45, 7) is 9.57. The Labute approximate surface area is 90.9 Å². The molecule has 1 rings (SSSR count). The van der Waals surface area contributed by atoms with E-state index in [0.29, 0.717) is 0 Å². The van der Waals surface area contributed by atoms with Crippen LogP contribution < -0.4 is 0 Å². The molecule has 88 valence electrons. The molecule has 0 saturated heterocycles. The van der Waals surface area contributed by atoms with Crippen molar-refractivity contribution in [3.05, 3.63) is 25.1 Å². The van der Waals surface area contributed by atoms with Gasteiger partial charge in [0, 0.05) is 26.0 Å². The predicted octanol–water partition coefficient (Wildman–Crippen LogP) is 2.10. The lowest BCUT2D eigenvalue weighted by molar-refractivity contribution is 0.137. The minimum atomic E-state index is -1.83. The summed E-state index contributed by atoms with van der Waals surface area (Å²) in [4.78, 5) is 13.0. The van der Waals surface area contributed by atoms with E-state index in [1.807, 2.05) is 6.92 Å². The number of carbonyl (C=O) groups is 1. The van der Waals surface area contributed by atoms with Crippen LogP contribution in [0.15, 0.2) is 25.1 Å². The molecule has 1 aliphatic heterocycles. The summed E-state index contributed by atoms with van der Waals surface area (Å²) >= 11 is 0. The molecule has 0 saturated carbocycles. The third kappa shape index (κ3) is 15.1. The largest absolute Gasteiger partial charge is 0.503 e. The summed E-state index contributed by atoms with van der Waals surface area (Å²) in [5.74, 6) is 0. The molecule has 0 radical (unpaired) electrons. The zero-order valence-electron chi connectivity index (χ0n) is 9.55. The molecule has 0 bridgehead atoms. The average Bonchev–Trinajstić information content (AvgIpc) is 2.51. The van der Waals surface area contributed by atoms with Crippen molar-refractivity contribution in [1.82, 2.24) is 9.80 Å². The first kappa shape index (κ1) is 15.8. The van der Waals surface area contributed by atoms with Crippen molar-refractivity contribution in [1.29, 1.82) is 0 Å². The van der Waals surface area contributed by atoms with Crippen LogP contribution >= 0.6 is 0 Å². The Morgan fingerprint density at radius 1 is 1.53 bits per heavy atom. The van der Waals surface area contributed by atoms with Gasteiger partial charge in [-0.2, -0.15) is 0 Å². The number of carboxylic acid groups (broad SMARTS) is 2. The topological polar surface area (TPSA) is 64.0 Å². The highest BCUT2D eigenvalue weighted by molar-refractivity contribution is 5.53. The van der Waals surface area contributed by atoms with Gasteiger partial charge in [-0.15, -0.1) is 6.58 Å². The van der Waals surface area contributed by atoms with Crippen molar-refractivity contribution >= 4 is 6.16 Å². The fourth-order valence-corrected chi connectivity index (χ4v) is 0.794. The number of allylic oxidation sites excluding steroid dienone is 1. The van der Waals surface area contributed by atoms with Crippen molar-refractivity contribution in [2.24, 2.45) is 0 Å². The normalized spacial score (nSPS) is 12.2. The van der Waals surface area contributed by atoms with Gasteiger partial charge in [0.2, 0.25) is 0 Å². The molecule has 5 heteroatoms. The molecule has 5 nitrogen and oxygen atoms in total. The minimum absolute atomic E-state index is 1.05. The van der Waals surface area contributed by atoms with Crippen molar-refractivity contribution < 1.29 is 15.0 Å². The van der Waals surface area contributed by atoms with Crippen LogP contribution in [0.3, 0.4) is 0 Å². The summed E-state index contributed by atoms with van der Waals surface area (Å²) in [5.41, 5.74) is 0. The molecule has 1 aliphatic rings. The van der Waals surface area contributed by atoms with Crippen LogP contribution in [-0.4, -0.2) is 46.4 Å². The SMILES string of the molecule is C=CC.CCN1C=CN(C)C1.O=C(O)O. The van der Waals surface area contributed by atoms with Crippen LogP contribution in [0, 0.1) is 0 Å². The van der Waals surface area contributed by atoms with Crippen LogP contribution in [0.25, 0.3) is 0 Å². The first-order valence-electron chi connectivity index (χ1n) is 4.59. The second-order valence-electron chi connectivity index (χ2n) is 2.79. The molecule has 0 aromatic heterocycles. The average molecular weight is 216 g/mol. The molecule has 1 heterocycles. The zero-order valence-corrected chi connectivity index (χ0v) is 9.55. The second kappa shape index (κ2) is 10.4. The van der Waals surface area contributed by atoms with Gasteiger partial charge in [0.25, 0.3) is 0 Å². The zero-order chi connectivity index (χ0) is 12.3. The Kier molecular flexibility index (Phi) is 11.0. The van der Waals surface area contributed by atoms with Crippen LogP contribution in [0.4, 0.5) is 4.79 Å². The van der Waals surface area contributed by atoms with Gasteiger partial charge >= 0.3 is 6.16 Å². The summed E-state index contributed by atoms with van der Waals surface area (Å²) in [5, 5.41) is 13.9. The Hall–Kier alpha value is -1.65. The van der Waals surface area contributed by atoms with Gasteiger partial charge < -0.3 is 20.0 Å². The summed E-state index contributed by atoms with van der Waals surface area (Å²) < 4.78 is 0. The molecule has 0 aromatic rings. The highest BCUT2D eigenvalue weighted by atomic mass is 16.6. The molecule has 0 atom stereocenters. The fourth-order valence-electron chi connectivity index (χ4n) is 0.794. The molecular formula is C10H20N2O3. The third-order valence-electron chi connectivity index (χ3n) is 1.34. The molecule has 0 amide bonds. The third-order valence-corrected chi connectivity index (χ3v) is 1.34. The van der Waals surface area contributed by atoms with E-state index in [2.05, 4.69) is 42.8 Å². The Bertz CT molecular complexity index is 201. The standard InChI is InChI=1S/C6H12N2.C3H6.CH2O3/c1-3-8-5-4-7(2)6-8;1-3-2;2-1(3)4/h4-5H,3,6H2,1-2H3;3H,1H2,2H3;(H2,2,3,4). The summed E-state index contributed by atoms with van der Waals surface area (Å²) in [6, 6.07) is 0. The summed E-state index contributed by atoms with van der Waals surface area (Å²) in [6.07, 6.45) is 4.11. The Balaban J connectivity index is 0. The van der Waals surface area contributed by atoms with E-state index in [4.69, 9.17) is 15.0 Å². The van der Waals surface area contributed by atoms with E-state index in [1.54, 1.807) is 6.08 Å². The van der Waals surface area contributed by atoms with E-state index < -0.39 is 6.16 Å². The number of hydrogen-bond acceptors (Lipinski definition) is 3. The Morgan fingerprint density at radius 3 is 2.07 bits per heavy atom. The molecular weight excluding hydrogens is 196 g/mol. The summed E-state index contributed by atoms with van der Waals surface area (Å²) in [7, 11) is 2.08. The van der Waals surface area contributed by atoms with Gasteiger partial charge in [0.15, 0.2) is 0 Å². The van der Waals surface area contributed by atoms with Crippen molar-refractivity contribution in [3.63, 3.8) is 0 Å². The van der Waals surface area contributed by atoms with Gasteiger partial charge in [0.05, 0.1) is 6.67 Å². The van der Waals surface area contributed by atoms with E-state index >= 15 is 0 Å². The number of hydrogen-bond donors (Lipinski definition) is 2. The van der Waals surface area contributed by atoms with E-state index in [1.165, 1.54) is 0 Å². The smallest absolute Gasteiger partial charge is 0.450 e. The van der Waals surface area contributed by atoms with E-state index in [0.717, 1.165) is 13.2 Å². The Morgan fingerprint density at radius 2 is 1.93 bits per heavy atom. The van der Waals surface area contributed by atoms with E-state index in [9.17, 15) is 0 Å². The lowest BCUT2D eigenvalue weighted by Crippen LogP contribution is -2.21. The first-order chi connectivity index (χ1) is 6.97. The first-order valence-corrected chi connectivity index (χ1v) is 4.59. The predicted molar refractivity (Wildman–Crippen MR) is 60.7 cm³/mol. The molecule has 0 aromatic carbocycles. The van der Waals surface area contributed by atoms with Crippen molar-refractivity contribution in [3.8, 4) is 0 Å². The second-order valence-corrected chi connectivity index (χ2v) is 2.79. The van der Waals surface area contributed by atoms with E-state index in [-0.39, 0.29) is 0 Å². The maximum Gasteiger partial charge on any atom is 0.503 e. The van der Waals surface area contributed by atoms with Gasteiger partial charge in [-0.1, -0.05) is 6.08 Å². The highest BCUT2D eigenvalue weighted by Crippen LogP contribution is 2.00. The van der Waals surface area contributed by atoms with Gasteiger partial charge in [-0.3, -0.25) is 0 Å². The molecule has 0 unspecified atom stereocenters. The number of nitrogens with zero attached hydrogens (tertiary/aromatic N) is 2. The van der Waals surface area contributed by atoms with Crippen molar-refractivity contribution in [2.75, 3.05) is 20.3 Å². The monoisotopic (exact) mass is 216 g/mol. The molecule has 0 aliphatic carbocycles. The quantitative estimate of drug-likeness (QED) is 0.657. The van der Waals surface area contributed by atoms with Crippen LogP contribution in [0.5, 0.6) is 0 Å². The number of rotatable bonds is 1. The highest BCUT2D eigenvalue weighted by Gasteiger charge is 2.03. The fraction of sp³-hybridized carbons (Fsp3) is 0.500. The maximum atomic E-state index is 8.56.